The molecular formula is C13H19N3O2. The van der Waals surface area contributed by atoms with Crippen LogP contribution in [0.15, 0.2) is 18.3 Å². The van der Waals surface area contributed by atoms with E-state index in [0.717, 1.165) is 18.7 Å². The summed E-state index contributed by atoms with van der Waals surface area (Å²) in [5.41, 5.74) is 0.975. The highest BCUT2D eigenvalue weighted by atomic mass is 16.5. The van der Waals surface area contributed by atoms with Crippen LogP contribution < -0.4 is 15.4 Å². The van der Waals surface area contributed by atoms with Crippen LogP contribution in [-0.4, -0.2) is 31.1 Å². The predicted octanol–water partition coefficient (Wildman–Crippen LogP) is 0.562. The number of nitrogens with zero attached hydrogens (tertiary/aromatic N) is 1. The molecule has 1 aromatic rings. The number of amides is 1. The maximum atomic E-state index is 11.9. The number of ether oxygens (including phenoxy) is 1. The van der Waals surface area contributed by atoms with E-state index in [9.17, 15) is 4.79 Å². The summed E-state index contributed by atoms with van der Waals surface area (Å²) in [6.07, 6.45) is 1.72. The lowest BCUT2D eigenvalue weighted by Crippen LogP contribution is -2.49. The SMILES string of the molecule is COc1ccc(CNC(=O)C(C)C2CNC2)cn1. The fourth-order valence-electron chi connectivity index (χ4n) is 1.87. The monoisotopic (exact) mass is 249 g/mol. The number of carbonyl (C=O) groups excluding carboxylic acids is 1. The van der Waals surface area contributed by atoms with Gasteiger partial charge in [0.15, 0.2) is 0 Å². The molecule has 0 saturated carbocycles. The van der Waals surface area contributed by atoms with Gasteiger partial charge in [-0.3, -0.25) is 4.79 Å². The highest BCUT2D eigenvalue weighted by Gasteiger charge is 2.28. The van der Waals surface area contributed by atoms with Gasteiger partial charge in [-0.05, 0) is 24.6 Å². The fourth-order valence-corrected chi connectivity index (χ4v) is 1.87. The molecule has 1 fully saturated rings. The molecule has 0 aromatic carbocycles. The minimum absolute atomic E-state index is 0.0671. The summed E-state index contributed by atoms with van der Waals surface area (Å²) in [6.45, 7) is 4.38. The summed E-state index contributed by atoms with van der Waals surface area (Å²) in [5.74, 6) is 1.23. The highest BCUT2D eigenvalue weighted by molar-refractivity contribution is 5.78. The maximum absolute atomic E-state index is 11.9. The molecule has 2 N–H and O–H groups in total. The Kier molecular flexibility index (Phi) is 4.15. The van der Waals surface area contributed by atoms with Gasteiger partial charge in [0.05, 0.1) is 7.11 Å². The first-order valence-electron chi connectivity index (χ1n) is 6.18. The highest BCUT2D eigenvalue weighted by Crippen LogP contribution is 2.16. The number of methoxy groups -OCH3 is 1. The second-order valence-corrected chi connectivity index (χ2v) is 4.63. The van der Waals surface area contributed by atoms with Gasteiger partial charge in [0, 0.05) is 24.7 Å². The van der Waals surface area contributed by atoms with Crippen molar-refractivity contribution in [3.63, 3.8) is 0 Å². The molecule has 0 bridgehead atoms. The lowest BCUT2D eigenvalue weighted by Gasteiger charge is -2.31. The molecule has 0 radical (unpaired) electrons. The van der Waals surface area contributed by atoms with Crippen molar-refractivity contribution < 1.29 is 9.53 Å². The number of nitrogens with one attached hydrogen (secondary N) is 2. The number of carbonyl (C=O) groups is 1. The van der Waals surface area contributed by atoms with Crippen molar-refractivity contribution in [2.45, 2.75) is 13.5 Å². The van der Waals surface area contributed by atoms with Gasteiger partial charge in [0.2, 0.25) is 11.8 Å². The van der Waals surface area contributed by atoms with Gasteiger partial charge in [-0.15, -0.1) is 0 Å². The van der Waals surface area contributed by atoms with Gasteiger partial charge in [-0.25, -0.2) is 4.98 Å². The van der Waals surface area contributed by atoms with Crippen LogP contribution in [0.5, 0.6) is 5.88 Å². The second-order valence-electron chi connectivity index (χ2n) is 4.63. The van der Waals surface area contributed by atoms with Crippen molar-refractivity contribution in [2.75, 3.05) is 20.2 Å². The van der Waals surface area contributed by atoms with Gasteiger partial charge < -0.3 is 15.4 Å². The van der Waals surface area contributed by atoms with E-state index >= 15 is 0 Å². The minimum Gasteiger partial charge on any atom is -0.481 e. The zero-order valence-corrected chi connectivity index (χ0v) is 10.8. The molecule has 1 aliphatic rings. The molecule has 2 rings (SSSR count). The molecule has 18 heavy (non-hydrogen) atoms. The van der Waals surface area contributed by atoms with Gasteiger partial charge in [-0.1, -0.05) is 13.0 Å². The molecule has 1 unspecified atom stereocenters. The summed E-state index contributed by atoms with van der Waals surface area (Å²) >= 11 is 0. The Morgan fingerprint density at radius 2 is 2.39 bits per heavy atom. The first kappa shape index (κ1) is 12.8. The first-order valence-corrected chi connectivity index (χ1v) is 6.18. The summed E-state index contributed by atoms with van der Waals surface area (Å²) in [6, 6.07) is 3.70. The van der Waals surface area contributed by atoms with Gasteiger partial charge in [-0.2, -0.15) is 0 Å². The molecule has 1 aromatic heterocycles. The molecule has 5 heteroatoms. The van der Waals surface area contributed by atoms with Crippen LogP contribution in [0.2, 0.25) is 0 Å². The Hall–Kier alpha value is -1.62. The van der Waals surface area contributed by atoms with E-state index in [0.29, 0.717) is 18.3 Å². The Bertz CT molecular complexity index is 401. The van der Waals surface area contributed by atoms with Crippen LogP contribution in [0.1, 0.15) is 12.5 Å². The summed E-state index contributed by atoms with van der Waals surface area (Å²) in [7, 11) is 1.58. The van der Waals surface area contributed by atoms with Gasteiger partial charge in [0.25, 0.3) is 0 Å². The van der Waals surface area contributed by atoms with Crippen molar-refractivity contribution in [3.8, 4) is 5.88 Å². The van der Waals surface area contributed by atoms with Crippen LogP contribution in [-0.2, 0) is 11.3 Å². The minimum atomic E-state index is 0.0671. The average Bonchev–Trinajstić information content (AvgIpc) is 2.34. The molecule has 1 atom stereocenters. The Morgan fingerprint density at radius 1 is 1.61 bits per heavy atom. The maximum Gasteiger partial charge on any atom is 0.223 e. The zero-order valence-electron chi connectivity index (χ0n) is 10.8. The number of pyridine rings is 1. The molecule has 1 aliphatic heterocycles. The number of rotatable bonds is 5. The zero-order chi connectivity index (χ0) is 13.0. The second kappa shape index (κ2) is 5.82. The Balaban J connectivity index is 1.80. The van der Waals surface area contributed by atoms with E-state index < -0.39 is 0 Å². The quantitative estimate of drug-likeness (QED) is 0.800. The van der Waals surface area contributed by atoms with E-state index in [1.54, 1.807) is 19.4 Å². The summed E-state index contributed by atoms with van der Waals surface area (Å²) in [4.78, 5) is 16.0. The third kappa shape index (κ3) is 2.98. The largest absolute Gasteiger partial charge is 0.481 e. The van der Waals surface area contributed by atoms with Gasteiger partial charge >= 0.3 is 0 Å². The van der Waals surface area contributed by atoms with Crippen molar-refractivity contribution in [3.05, 3.63) is 23.9 Å². The van der Waals surface area contributed by atoms with E-state index in [-0.39, 0.29) is 11.8 Å². The molecule has 2 heterocycles. The Morgan fingerprint density at radius 3 is 2.89 bits per heavy atom. The number of aromatic nitrogens is 1. The smallest absolute Gasteiger partial charge is 0.223 e. The Labute approximate surface area is 107 Å². The van der Waals surface area contributed by atoms with Gasteiger partial charge in [0.1, 0.15) is 0 Å². The summed E-state index contributed by atoms with van der Waals surface area (Å²) in [5, 5.41) is 6.12. The van der Waals surface area contributed by atoms with Crippen LogP contribution in [0, 0.1) is 11.8 Å². The van der Waals surface area contributed by atoms with Crippen LogP contribution in [0.3, 0.4) is 0 Å². The number of hydrogen-bond donors (Lipinski definition) is 2. The van der Waals surface area contributed by atoms with E-state index in [4.69, 9.17) is 4.74 Å². The number of hydrogen-bond acceptors (Lipinski definition) is 4. The van der Waals surface area contributed by atoms with Crippen LogP contribution in [0.4, 0.5) is 0 Å². The van der Waals surface area contributed by atoms with Crippen molar-refractivity contribution in [1.82, 2.24) is 15.6 Å². The van der Waals surface area contributed by atoms with Crippen LogP contribution in [0.25, 0.3) is 0 Å². The molecule has 0 spiro atoms. The van der Waals surface area contributed by atoms with E-state index in [1.807, 2.05) is 13.0 Å². The normalized spacial score (nSPS) is 16.8. The molecule has 0 aliphatic carbocycles. The standard InChI is InChI=1S/C13H19N3O2/c1-9(11-7-14-8-11)13(17)16-6-10-3-4-12(18-2)15-5-10/h3-5,9,11,14H,6-8H2,1-2H3,(H,16,17). The van der Waals surface area contributed by atoms with Crippen LogP contribution >= 0.6 is 0 Å². The van der Waals surface area contributed by atoms with E-state index in [1.165, 1.54) is 0 Å². The lowest BCUT2D eigenvalue weighted by atomic mass is 9.88. The molecular weight excluding hydrogens is 230 g/mol. The molecule has 98 valence electrons. The van der Waals surface area contributed by atoms with E-state index in [2.05, 4.69) is 15.6 Å². The van der Waals surface area contributed by atoms with Crippen molar-refractivity contribution >= 4 is 5.91 Å². The molecule has 1 amide bonds. The average molecular weight is 249 g/mol. The molecule has 5 nitrogen and oxygen atoms in total. The predicted molar refractivity (Wildman–Crippen MR) is 68.2 cm³/mol. The molecule has 1 saturated heterocycles. The van der Waals surface area contributed by atoms with Crippen molar-refractivity contribution in [2.24, 2.45) is 11.8 Å². The summed E-state index contributed by atoms with van der Waals surface area (Å²) < 4.78 is 4.98. The van der Waals surface area contributed by atoms with Crippen molar-refractivity contribution in [1.29, 1.82) is 0 Å². The first-order chi connectivity index (χ1) is 8.70. The lowest BCUT2D eigenvalue weighted by molar-refractivity contribution is -0.126. The third-order valence-electron chi connectivity index (χ3n) is 3.41. The fraction of sp³-hybridized carbons (Fsp3) is 0.538. The topological polar surface area (TPSA) is 63.2 Å². The third-order valence-corrected chi connectivity index (χ3v) is 3.41.